The Bertz CT molecular complexity index is 1250. The van der Waals surface area contributed by atoms with Crippen molar-refractivity contribution in [3.8, 4) is 0 Å². The number of rotatable bonds is 9. The molecule has 0 unspecified atom stereocenters. The minimum atomic E-state index is -4.00. The number of benzene rings is 2. The molecule has 0 radical (unpaired) electrons. The van der Waals surface area contributed by atoms with Crippen LogP contribution in [-0.2, 0) is 26.5 Å². The standard InChI is InChI=1S/C20H21N3O5S3/c1-2-6-15-10-12-16(13-11-15)30(25,26)23-21-20(24)17-7-3-4-8-18(17)22-31(27,28)19-9-5-14-29-19/h3-5,7-14,22-23H,2,6H2,1H3,(H,21,24). The van der Waals surface area contributed by atoms with Gasteiger partial charge < -0.3 is 0 Å². The van der Waals surface area contributed by atoms with Crippen molar-refractivity contribution in [3.05, 3.63) is 77.2 Å². The number of carbonyl (C=O) groups is 1. The van der Waals surface area contributed by atoms with Crippen molar-refractivity contribution in [3.63, 3.8) is 0 Å². The van der Waals surface area contributed by atoms with Gasteiger partial charge in [-0.3, -0.25) is 14.9 Å². The third-order valence-electron chi connectivity index (χ3n) is 4.25. The van der Waals surface area contributed by atoms with E-state index in [9.17, 15) is 21.6 Å². The maximum Gasteiger partial charge on any atom is 0.271 e. The van der Waals surface area contributed by atoms with Crippen molar-refractivity contribution in [1.29, 1.82) is 0 Å². The Morgan fingerprint density at radius 3 is 2.26 bits per heavy atom. The van der Waals surface area contributed by atoms with Gasteiger partial charge in [0.25, 0.3) is 26.0 Å². The van der Waals surface area contributed by atoms with Gasteiger partial charge >= 0.3 is 0 Å². The summed E-state index contributed by atoms with van der Waals surface area (Å²) in [4.78, 5) is 14.6. The van der Waals surface area contributed by atoms with E-state index in [-0.39, 0.29) is 20.4 Å². The summed E-state index contributed by atoms with van der Waals surface area (Å²) < 4.78 is 52.3. The number of carbonyl (C=O) groups excluding carboxylic acids is 1. The van der Waals surface area contributed by atoms with Gasteiger partial charge in [-0.05, 0) is 47.7 Å². The molecular weight excluding hydrogens is 458 g/mol. The molecule has 31 heavy (non-hydrogen) atoms. The number of amides is 1. The fraction of sp³-hybridized carbons (Fsp3) is 0.150. The first-order chi connectivity index (χ1) is 14.7. The van der Waals surface area contributed by atoms with Crippen LogP contribution in [0.4, 0.5) is 5.69 Å². The molecule has 3 rings (SSSR count). The minimum absolute atomic E-state index is 0.000614. The molecule has 11 heteroatoms. The molecule has 1 heterocycles. The third-order valence-corrected chi connectivity index (χ3v) is 8.27. The quantitative estimate of drug-likeness (QED) is 0.407. The van der Waals surface area contributed by atoms with Crippen molar-refractivity contribution in [2.75, 3.05) is 4.72 Å². The van der Waals surface area contributed by atoms with Gasteiger partial charge in [-0.25, -0.2) is 16.8 Å². The predicted molar refractivity (Wildman–Crippen MR) is 120 cm³/mol. The molecule has 0 fully saturated rings. The molecule has 1 amide bonds. The lowest BCUT2D eigenvalue weighted by Crippen LogP contribution is -2.41. The molecule has 164 valence electrons. The Kier molecular flexibility index (Phi) is 7.11. The number of hydrogen-bond acceptors (Lipinski definition) is 6. The van der Waals surface area contributed by atoms with Gasteiger partial charge in [0.05, 0.1) is 16.1 Å². The van der Waals surface area contributed by atoms with E-state index in [0.29, 0.717) is 0 Å². The van der Waals surface area contributed by atoms with E-state index in [2.05, 4.69) is 10.1 Å². The van der Waals surface area contributed by atoms with Crippen LogP contribution in [0, 0.1) is 0 Å². The zero-order chi connectivity index (χ0) is 22.5. The Hall–Kier alpha value is -2.73. The van der Waals surface area contributed by atoms with E-state index in [1.165, 1.54) is 30.3 Å². The summed E-state index contributed by atoms with van der Waals surface area (Å²) in [5, 5.41) is 1.62. The molecule has 3 N–H and O–H groups in total. The van der Waals surface area contributed by atoms with E-state index in [4.69, 9.17) is 0 Å². The van der Waals surface area contributed by atoms with Crippen LogP contribution < -0.4 is 15.0 Å². The summed E-state index contributed by atoms with van der Waals surface area (Å²) in [5.74, 6) is -0.810. The smallest absolute Gasteiger partial charge is 0.271 e. The van der Waals surface area contributed by atoms with Crippen LogP contribution in [0.3, 0.4) is 0 Å². The molecule has 0 spiro atoms. The number of sulfonamides is 2. The van der Waals surface area contributed by atoms with Gasteiger partial charge in [-0.15, -0.1) is 16.2 Å². The topological polar surface area (TPSA) is 121 Å². The summed E-state index contributed by atoms with van der Waals surface area (Å²) >= 11 is 1.04. The first-order valence-corrected chi connectivity index (χ1v) is 13.1. The molecule has 0 saturated heterocycles. The normalized spacial score (nSPS) is 11.8. The maximum atomic E-state index is 12.6. The summed E-state index contributed by atoms with van der Waals surface area (Å²) in [7, 11) is -7.87. The van der Waals surface area contributed by atoms with Crippen LogP contribution in [-0.4, -0.2) is 22.7 Å². The number of anilines is 1. The Balaban J connectivity index is 1.74. The van der Waals surface area contributed by atoms with Crippen molar-refractivity contribution >= 4 is 43.0 Å². The predicted octanol–water partition coefficient (Wildman–Crippen LogP) is 3.12. The van der Waals surface area contributed by atoms with Crippen LogP contribution >= 0.6 is 11.3 Å². The Morgan fingerprint density at radius 2 is 1.61 bits per heavy atom. The number of aryl methyl sites for hydroxylation is 1. The van der Waals surface area contributed by atoms with Gasteiger partial charge in [0.1, 0.15) is 4.21 Å². The lowest BCUT2D eigenvalue weighted by atomic mass is 10.1. The number of thiophene rings is 1. The Morgan fingerprint density at radius 1 is 0.903 bits per heavy atom. The van der Waals surface area contributed by atoms with E-state index in [0.717, 1.165) is 29.7 Å². The van der Waals surface area contributed by atoms with Crippen LogP contribution in [0.5, 0.6) is 0 Å². The van der Waals surface area contributed by atoms with Crippen molar-refractivity contribution < 1.29 is 21.6 Å². The average Bonchev–Trinajstić information content (AvgIpc) is 3.29. The number of hydrazine groups is 1. The summed E-state index contributed by atoms with van der Waals surface area (Å²) in [5.41, 5.74) is 3.13. The van der Waals surface area contributed by atoms with Crippen LogP contribution in [0.2, 0.25) is 0 Å². The zero-order valence-corrected chi connectivity index (χ0v) is 19.0. The number of para-hydroxylation sites is 1. The van der Waals surface area contributed by atoms with Crippen molar-refractivity contribution in [1.82, 2.24) is 10.3 Å². The van der Waals surface area contributed by atoms with Crippen LogP contribution in [0.25, 0.3) is 0 Å². The second-order valence-electron chi connectivity index (χ2n) is 6.54. The van der Waals surface area contributed by atoms with Gasteiger partial charge in [0, 0.05) is 0 Å². The van der Waals surface area contributed by atoms with E-state index < -0.39 is 26.0 Å². The molecule has 8 nitrogen and oxygen atoms in total. The highest BCUT2D eigenvalue weighted by Crippen LogP contribution is 2.23. The maximum absolute atomic E-state index is 12.6. The summed E-state index contributed by atoms with van der Waals surface area (Å²) in [6.07, 6.45) is 1.78. The number of nitrogens with one attached hydrogen (secondary N) is 3. The SMILES string of the molecule is CCCc1ccc(S(=O)(=O)NNC(=O)c2ccccc2NS(=O)(=O)c2cccs2)cc1. The Labute approximate surface area is 185 Å². The minimum Gasteiger partial charge on any atom is -0.278 e. The van der Waals surface area contributed by atoms with Gasteiger partial charge in [0.2, 0.25) is 0 Å². The van der Waals surface area contributed by atoms with Gasteiger partial charge in [0.15, 0.2) is 0 Å². The molecule has 0 atom stereocenters. The molecule has 0 aliphatic carbocycles. The largest absolute Gasteiger partial charge is 0.278 e. The van der Waals surface area contributed by atoms with E-state index >= 15 is 0 Å². The highest BCUT2D eigenvalue weighted by Gasteiger charge is 2.21. The van der Waals surface area contributed by atoms with Crippen molar-refractivity contribution in [2.24, 2.45) is 0 Å². The van der Waals surface area contributed by atoms with Crippen LogP contribution in [0.1, 0.15) is 29.3 Å². The van der Waals surface area contributed by atoms with E-state index in [1.54, 1.807) is 35.7 Å². The molecule has 1 aromatic heterocycles. The highest BCUT2D eigenvalue weighted by atomic mass is 32.2. The number of hydrogen-bond donors (Lipinski definition) is 3. The lowest BCUT2D eigenvalue weighted by molar-refractivity contribution is 0.0946. The molecule has 0 aliphatic rings. The van der Waals surface area contributed by atoms with Crippen LogP contribution in [0.15, 0.2) is 75.1 Å². The first-order valence-electron chi connectivity index (χ1n) is 9.29. The van der Waals surface area contributed by atoms with Gasteiger partial charge in [-0.1, -0.05) is 43.7 Å². The third kappa shape index (κ3) is 5.70. The average molecular weight is 480 g/mol. The summed E-state index contributed by atoms with van der Waals surface area (Å²) in [6.45, 7) is 2.03. The molecule has 0 aliphatic heterocycles. The van der Waals surface area contributed by atoms with E-state index in [1.807, 2.05) is 11.8 Å². The lowest BCUT2D eigenvalue weighted by Gasteiger charge is -2.13. The monoisotopic (exact) mass is 479 g/mol. The zero-order valence-electron chi connectivity index (χ0n) is 16.5. The fourth-order valence-corrected chi connectivity index (χ4v) is 5.66. The highest BCUT2D eigenvalue weighted by molar-refractivity contribution is 7.94. The fourth-order valence-electron chi connectivity index (χ4n) is 2.75. The second kappa shape index (κ2) is 9.60. The molecule has 0 saturated carbocycles. The first kappa shape index (κ1) is 22.9. The molecular formula is C20H21N3O5S3. The second-order valence-corrected chi connectivity index (χ2v) is 11.1. The molecule has 2 aromatic carbocycles. The van der Waals surface area contributed by atoms with Crippen molar-refractivity contribution in [2.45, 2.75) is 28.9 Å². The van der Waals surface area contributed by atoms with Gasteiger partial charge in [-0.2, -0.15) is 0 Å². The summed E-state index contributed by atoms with van der Waals surface area (Å²) in [6, 6.07) is 15.3. The molecule has 0 bridgehead atoms. The molecule has 3 aromatic rings.